The molecule has 2 aromatic carbocycles. The highest BCUT2D eigenvalue weighted by atomic mass is 32.2. The van der Waals surface area contributed by atoms with Crippen LogP contribution in [0.25, 0.3) is 0 Å². The second kappa shape index (κ2) is 6.29. The van der Waals surface area contributed by atoms with Crippen LogP contribution >= 0.6 is 0 Å². The van der Waals surface area contributed by atoms with E-state index in [9.17, 15) is 12.8 Å². The number of hydrogen-bond acceptors (Lipinski definition) is 6. The lowest BCUT2D eigenvalue weighted by Crippen LogP contribution is -2.34. The lowest BCUT2D eigenvalue weighted by Gasteiger charge is -2.26. The van der Waals surface area contributed by atoms with Crippen molar-refractivity contribution in [3.05, 3.63) is 47.8 Å². The number of fused-ring (bicyclic) bond motifs is 1. The monoisotopic (exact) mass is 353 g/mol. The largest absolute Gasteiger partial charge is 0.486 e. The quantitative estimate of drug-likeness (QED) is 0.670. The SMILES string of the molecule is Cc1ccc(S(=O)(=O)OC[C@@H]2COc3cc(F)c(N)cc3O2)cc1. The molecule has 24 heavy (non-hydrogen) atoms. The molecule has 128 valence electrons. The number of ether oxygens (including phenoxy) is 2. The highest BCUT2D eigenvalue weighted by Crippen LogP contribution is 2.35. The number of aryl methyl sites for hydroxylation is 1. The van der Waals surface area contributed by atoms with E-state index in [0.29, 0.717) is 0 Å². The Balaban J connectivity index is 1.67. The normalized spacial score (nSPS) is 16.8. The summed E-state index contributed by atoms with van der Waals surface area (Å²) in [6, 6.07) is 8.74. The van der Waals surface area contributed by atoms with Gasteiger partial charge in [0.2, 0.25) is 0 Å². The van der Waals surface area contributed by atoms with Crippen LogP contribution in [0.5, 0.6) is 11.5 Å². The standard InChI is InChI=1S/C16H16FNO5S/c1-10-2-4-12(5-3-10)24(19,20)22-9-11-8-21-15-6-13(17)14(18)7-16(15)23-11/h2-7,11H,8-9,18H2,1H3/t11-/m0/s1. The Kier molecular flexibility index (Phi) is 4.33. The maximum absolute atomic E-state index is 13.4. The number of benzene rings is 2. The molecule has 6 nitrogen and oxygen atoms in total. The van der Waals surface area contributed by atoms with Crippen molar-refractivity contribution >= 4 is 15.8 Å². The second-order valence-corrected chi connectivity index (χ2v) is 7.04. The second-order valence-electron chi connectivity index (χ2n) is 5.42. The zero-order valence-corrected chi connectivity index (χ0v) is 13.7. The van der Waals surface area contributed by atoms with Crippen molar-refractivity contribution < 1.29 is 26.5 Å². The topological polar surface area (TPSA) is 87.9 Å². The Hall–Kier alpha value is -2.32. The Labute approximate surface area is 139 Å². The summed E-state index contributed by atoms with van der Waals surface area (Å²) < 4.78 is 53.6. The van der Waals surface area contributed by atoms with Crippen molar-refractivity contribution in [3.63, 3.8) is 0 Å². The molecule has 1 aliphatic rings. The van der Waals surface area contributed by atoms with Gasteiger partial charge in [0.15, 0.2) is 17.6 Å². The van der Waals surface area contributed by atoms with Gasteiger partial charge in [-0.1, -0.05) is 17.7 Å². The molecule has 0 aliphatic carbocycles. The lowest BCUT2D eigenvalue weighted by molar-refractivity contribution is 0.0552. The molecule has 1 aliphatic heterocycles. The third kappa shape index (κ3) is 3.44. The van der Waals surface area contributed by atoms with Crippen LogP contribution in [0.3, 0.4) is 0 Å². The molecule has 0 fully saturated rings. The minimum Gasteiger partial charge on any atom is -0.486 e. The van der Waals surface area contributed by atoms with Gasteiger partial charge < -0.3 is 15.2 Å². The Morgan fingerprint density at radius 1 is 1.25 bits per heavy atom. The number of rotatable bonds is 4. The van der Waals surface area contributed by atoms with Gasteiger partial charge in [0.1, 0.15) is 19.0 Å². The number of halogens is 1. The van der Waals surface area contributed by atoms with Gasteiger partial charge in [-0.3, -0.25) is 4.18 Å². The molecular formula is C16H16FNO5S. The van der Waals surface area contributed by atoms with Crippen LogP contribution in [0.15, 0.2) is 41.3 Å². The molecule has 0 bridgehead atoms. The van der Waals surface area contributed by atoms with E-state index in [1.54, 1.807) is 12.1 Å². The van der Waals surface area contributed by atoms with E-state index in [4.69, 9.17) is 19.4 Å². The predicted molar refractivity (Wildman–Crippen MR) is 85.0 cm³/mol. The van der Waals surface area contributed by atoms with Gasteiger partial charge in [0.05, 0.1) is 10.6 Å². The van der Waals surface area contributed by atoms with Crippen LogP contribution in [-0.2, 0) is 14.3 Å². The average Bonchev–Trinajstić information content (AvgIpc) is 2.54. The van der Waals surface area contributed by atoms with Crippen molar-refractivity contribution in [3.8, 4) is 11.5 Å². The van der Waals surface area contributed by atoms with E-state index in [2.05, 4.69) is 0 Å². The Morgan fingerprint density at radius 2 is 1.96 bits per heavy atom. The zero-order chi connectivity index (χ0) is 17.3. The van der Waals surface area contributed by atoms with Crippen molar-refractivity contribution in [2.75, 3.05) is 18.9 Å². The lowest BCUT2D eigenvalue weighted by atomic mass is 10.2. The predicted octanol–water partition coefficient (Wildman–Crippen LogP) is 2.26. The van der Waals surface area contributed by atoms with Crippen LogP contribution in [0.1, 0.15) is 5.56 Å². The molecule has 0 radical (unpaired) electrons. The number of anilines is 1. The third-order valence-electron chi connectivity index (χ3n) is 3.50. The molecule has 0 amide bonds. The van der Waals surface area contributed by atoms with Gasteiger partial charge >= 0.3 is 0 Å². The highest BCUT2D eigenvalue weighted by molar-refractivity contribution is 7.86. The van der Waals surface area contributed by atoms with Gasteiger partial charge in [-0.15, -0.1) is 0 Å². The van der Waals surface area contributed by atoms with E-state index >= 15 is 0 Å². The fourth-order valence-electron chi connectivity index (χ4n) is 2.17. The van der Waals surface area contributed by atoms with E-state index in [0.717, 1.165) is 11.6 Å². The van der Waals surface area contributed by atoms with Gasteiger partial charge in [-0.2, -0.15) is 8.42 Å². The molecular weight excluding hydrogens is 337 g/mol. The Bertz CT molecular complexity index is 852. The van der Waals surface area contributed by atoms with Gasteiger partial charge in [-0.05, 0) is 19.1 Å². The zero-order valence-electron chi connectivity index (χ0n) is 12.9. The minimum atomic E-state index is -3.89. The summed E-state index contributed by atoms with van der Waals surface area (Å²) in [6.07, 6.45) is -0.650. The van der Waals surface area contributed by atoms with E-state index < -0.39 is 22.0 Å². The van der Waals surface area contributed by atoms with Crippen molar-refractivity contribution in [1.82, 2.24) is 0 Å². The minimum absolute atomic E-state index is 0.0414. The van der Waals surface area contributed by atoms with E-state index in [-0.39, 0.29) is 35.3 Å². The number of nitrogen functional groups attached to an aromatic ring is 1. The first kappa shape index (κ1) is 16.5. The number of hydrogen-bond donors (Lipinski definition) is 1. The van der Waals surface area contributed by atoms with Gasteiger partial charge in [-0.25, -0.2) is 4.39 Å². The van der Waals surface area contributed by atoms with E-state index in [1.165, 1.54) is 18.2 Å². The van der Waals surface area contributed by atoms with E-state index in [1.807, 2.05) is 6.92 Å². The molecule has 1 heterocycles. The van der Waals surface area contributed by atoms with Gasteiger partial charge in [0.25, 0.3) is 10.1 Å². The fourth-order valence-corrected chi connectivity index (χ4v) is 3.11. The molecule has 1 atom stereocenters. The maximum Gasteiger partial charge on any atom is 0.297 e. The van der Waals surface area contributed by atoms with Crippen LogP contribution in [0, 0.1) is 12.7 Å². The number of nitrogens with two attached hydrogens (primary N) is 1. The first-order chi connectivity index (χ1) is 11.3. The first-order valence-electron chi connectivity index (χ1n) is 7.20. The third-order valence-corrected chi connectivity index (χ3v) is 4.80. The van der Waals surface area contributed by atoms with Crippen molar-refractivity contribution in [2.24, 2.45) is 0 Å². The summed E-state index contributed by atoms with van der Waals surface area (Å²) in [7, 11) is -3.89. The van der Waals surface area contributed by atoms with Crippen LogP contribution < -0.4 is 15.2 Å². The molecule has 0 spiro atoms. The molecule has 0 unspecified atom stereocenters. The molecule has 8 heteroatoms. The summed E-state index contributed by atoms with van der Waals surface area (Å²) >= 11 is 0. The summed E-state index contributed by atoms with van der Waals surface area (Å²) in [5.74, 6) is -0.130. The molecule has 0 saturated heterocycles. The Morgan fingerprint density at radius 3 is 2.67 bits per heavy atom. The summed E-state index contributed by atoms with van der Waals surface area (Å²) in [5, 5.41) is 0. The summed E-state index contributed by atoms with van der Waals surface area (Å²) in [5.41, 5.74) is 6.35. The fraction of sp³-hybridized carbons (Fsp3) is 0.250. The smallest absolute Gasteiger partial charge is 0.297 e. The van der Waals surface area contributed by atoms with Crippen molar-refractivity contribution in [1.29, 1.82) is 0 Å². The summed E-state index contributed by atoms with van der Waals surface area (Å²) in [6.45, 7) is 1.67. The van der Waals surface area contributed by atoms with Crippen molar-refractivity contribution in [2.45, 2.75) is 17.9 Å². The molecule has 2 aromatic rings. The molecule has 2 N–H and O–H groups in total. The van der Waals surface area contributed by atoms with Crippen LogP contribution in [0.2, 0.25) is 0 Å². The molecule has 3 rings (SSSR count). The molecule has 0 saturated carbocycles. The van der Waals surface area contributed by atoms with Gasteiger partial charge in [0, 0.05) is 12.1 Å². The molecule has 0 aromatic heterocycles. The maximum atomic E-state index is 13.4. The van der Waals surface area contributed by atoms with Crippen LogP contribution in [0.4, 0.5) is 10.1 Å². The average molecular weight is 353 g/mol. The summed E-state index contributed by atoms with van der Waals surface area (Å²) in [4.78, 5) is 0.0662. The first-order valence-corrected chi connectivity index (χ1v) is 8.60. The highest BCUT2D eigenvalue weighted by Gasteiger charge is 2.25. The van der Waals surface area contributed by atoms with Crippen LogP contribution in [-0.4, -0.2) is 27.7 Å².